The molecule has 16 heavy (non-hydrogen) atoms. The van der Waals surface area contributed by atoms with E-state index in [-0.39, 0.29) is 18.6 Å². The fourth-order valence-electron chi connectivity index (χ4n) is 2.54. The van der Waals surface area contributed by atoms with Crippen LogP contribution < -0.4 is 5.73 Å². The average Bonchev–Trinajstić information content (AvgIpc) is 2.67. The van der Waals surface area contributed by atoms with Crippen LogP contribution in [-0.2, 0) is 9.53 Å². The average molecular weight is 227 g/mol. The first kappa shape index (κ1) is 11.8. The monoisotopic (exact) mass is 227 g/mol. The smallest absolute Gasteiger partial charge is 0.248 e. The molecule has 0 aliphatic carbocycles. The summed E-state index contributed by atoms with van der Waals surface area (Å²) in [6.07, 6.45) is 2.41. The number of nitrogens with two attached hydrogens (primary N) is 1. The summed E-state index contributed by atoms with van der Waals surface area (Å²) in [5.74, 6) is 0.0852. The number of hydrogen-bond donors (Lipinski definition) is 1. The molecule has 0 bridgehead atoms. The predicted octanol–water partition coefficient (Wildman–Crippen LogP) is -0.733. The van der Waals surface area contributed by atoms with Crippen molar-refractivity contribution >= 4 is 5.91 Å². The fraction of sp³-hybridized carbons (Fsp3) is 0.909. The van der Waals surface area contributed by atoms with Crippen molar-refractivity contribution in [2.75, 3.05) is 39.9 Å². The van der Waals surface area contributed by atoms with E-state index in [1.807, 2.05) is 4.90 Å². The van der Waals surface area contributed by atoms with Crippen LogP contribution in [0.2, 0.25) is 0 Å². The lowest BCUT2D eigenvalue weighted by Crippen LogP contribution is -2.55. The predicted molar refractivity (Wildman–Crippen MR) is 61.0 cm³/mol. The molecule has 2 heterocycles. The van der Waals surface area contributed by atoms with Gasteiger partial charge in [0.05, 0.1) is 12.6 Å². The van der Waals surface area contributed by atoms with Crippen molar-refractivity contribution in [1.29, 1.82) is 0 Å². The number of likely N-dealkylation sites (N-methyl/N-ethyl adjacent to an activating group) is 1. The Kier molecular flexibility index (Phi) is 3.78. The zero-order valence-corrected chi connectivity index (χ0v) is 9.89. The summed E-state index contributed by atoms with van der Waals surface area (Å²) in [6.45, 7) is 3.23. The van der Waals surface area contributed by atoms with Gasteiger partial charge in [0.25, 0.3) is 0 Å². The Morgan fingerprint density at radius 3 is 2.94 bits per heavy atom. The normalized spacial score (nSPS) is 32.4. The van der Waals surface area contributed by atoms with Gasteiger partial charge in [0.1, 0.15) is 6.61 Å². The maximum atomic E-state index is 11.8. The van der Waals surface area contributed by atoms with E-state index in [0.717, 1.165) is 13.1 Å². The highest BCUT2D eigenvalue weighted by Crippen LogP contribution is 2.18. The molecule has 0 spiro atoms. The van der Waals surface area contributed by atoms with Gasteiger partial charge < -0.3 is 20.3 Å². The summed E-state index contributed by atoms with van der Waals surface area (Å²) < 4.78 is 5.22. The van der Waals surface area contributed by atoms with Crippen LogP contribution >= 0.6 is 0 Å². The van der Waals surface area contributed by atoms with E-state index in [9.17, 15) is 4.79 Å². The Hall–Kier alpha value is -0.650. The number of likely N-dealkylation sites (tertiary alicyclic amines) is 1. The van der Waals surface area contributed by atoms with Crippen LogP contribution in [0.5, 0.6) is 0 Å². The Morgan fingerprint density at radius 2 is 2.31 bits per heavy atom. The number of carbonyl (C=O) groups excluding carboxylic acids is 1. The lowest BCUT2D eigenvalue weighted by molar-refractivity contribution is -0.148. The summed E-state index contributed by atoms with van der Waals surface area (Å²) in [5, 5.41) is 0. The molecule has 2 fully saturated rings. The number of nitrogens with zero attached hydrogens (tertiary/aromatic N) is 2. The summed E-state index contributed by atoms with van der Waals surface area (Å²) in [5.41, 5.74) is 5.68. The summed E-state index contributed by atoms with van der Waals surface area (Å²) in [7, 11) is 2.13. The fourth-order valence-corrected chi connectivity index (χ4v) is 2.54. The highest BCUT2D eigenvalue weighted by atomic mass is 16.5. The molecule has 2 aliphatic rings. The van der Waals surface area contributed by atoms with Crippen molar-refractivity contribution in [2.24, 2.45) is 5.73 Å². The number of carbonyl (C=O) groups is 1. The van der Waals surface area contributed by atoms with E-state index in [2.05, 4.69) is 11.9 Å². The van der Waals surface area contributed by atoms with E-state index >= 15 is 0 Å². The number of ether oxygens (including phenoxy) is 1. The zero-order chi connectivity index (χ0) is 11.5. The van der Waals surface area contributed by atoms with Gasteiger partial charge in [-0.2, -0.15) is 0 Å². The first-order valence-electron chi connectivity index (χ1n) is 6.00. The first-order chi connectivity index (χ1) is 7.72. The Labute approximate surface area is 96.5 Å². The van der Waals surface area contributed by atoms with Gasteiger partial charge in [-0.3, -0.25) is 4.79 Å². The molecule has 5 nitrogen and oxygen atoms in total. The molecule has 0 aromatic heterocycles. The van der Waals surface area contributed by atoms with Gasteiger partial charge in [-0.15, -0.1) is 0 Å². The molecule has 2 saturated heterocycles. The molecule has 2 unspecified atom stereocenters. The molecule has 0 saturated carbocycles. The molecule has 2 N–H and O–H groups in total. The lowest BCUT2D eigenvalue weighted by Gasteiger charge is -2.37. The van der Waals surface area contributed by atoms with Crippen LogP contribution in [0, 0.1) is 0 Å². The maximum absolute atomic E-state index is 11.8. The van der Waals surface area contributed by atoms with Crippen molar-refractivity contribution in [2.45, 2.75) is 24.9 Å². The van der Waals surface area contributed by atoms with Gasteiger partial charge in [0, 0.05) is 19.1 Å². The molecule has 2 rings (SSSR count). The second-order valence-corrected chi connectivity index (χ2v) is 4.73. The van der Waals surface area contributed by atoms with E-state index in [0.29, 0.717) is 19.2 Å². The van der Waals surface area contributed by atoms with Gasteiger partial charge in [-0.1, -0.05) is 0 Å². The van der Waals surface area contributed by atoms with Gasteiger partial charge in [-0.05, 0) is 26.4 Å². The highest BCUT2D eigenvalue weighted by Gasteiger charge is 2.32. The molecular weight excluding hydrogens is 206 g/mol. The summed E-state index contributed by atoms with van der Waals surface area (Å²) in [6, 6.07) is 0.561. The van der Waals surface area contributed by atoms with Crippen LogP contribution in [0.25, 0.3) is 0 Å². The van der Waals surface area contributed by atoms with E-state index in [1.165, 1.54) is 12.8 Å². The van der Waals surface area contributed by atoms with Gasteiger partial charge >= 0.3 is 0 Å². The van der Waals surface area contributed by atoms with E-state index < -0.39 is 0 Å². The number of rotatable bonds is 3. The summed E-state index contributed by atoms with van der Waals surface area (Å²) in [4.78, 5) is 16.0. The maximum Gasteiger partial charge on any atom is 0.248 e. The second-order valence-electron chi connectivity index (χ2n) is 4.73. The molecular formula is C11H21N3O2. The first-order valence-corrected chi connectivity index (χ1v) is 6.00. The van der Waals surface area contributed by atoms with Gasteiger partial charge in [0.15, 0.2) is 0 Å². The van der Waals surface area contributed by atoms with Crippen molar-refractivity contribution in [3.05, 3.63) is 0 Å². The van der Waals surface area contributed by atoms with Crippen molar-refractivity contribution < 1.29 is 9.53 Å². The third kappa shape index (κ3) is 2.36. The topological polar surface area (TPSA) is 58.8 Å². The molecule has 0 radical (unpaired) electrons. The van der Waals surface area contributed by atoms with Crippen LogP contribution in [0.15, 0.2) is 0 Å². The van der Waals surface area contributed by atoms with Crippen molar-refractivity contribution in [3.63, 3.8) is 0 Å². The number of morpholine rings is 1. The number of hydrogen-bond acceptors (Lipinski definition) is 4. The second kappa shape index (κ2) is 5.12. The third-order valence-electron chi connectivity index (χ3n) is 3.65. The van der Waals surface area contributed by atoms with Crippen molar-refractivity contribution in [1.82, 2.24) is 9.80 Å². The minimum Gasteiger partial charge on any atom is -0.369 e. The van der Waals surface area contributed by atoms with Crippen LogP contribution in [0.1, 0.15) is 12.8 Å². The standard InChI is InChI=1S/C11H21N3O2/c1-13-4-2-3-9(13)6-14-10(5-12)7-16-8-11(14)15/h9-10H,2-8,12H2,1H3. The van der Waals surface area contributed by atoms with Crippen LogP contribution in [0.3, 0.4) is 0 Å². The minimum atomic E-state index is 0.0650. The van der Waals surface area contributed by atoms with E-state index in [4.69, 9.17) is 10.5 Å². The van der Waals surface area contributed by atoms with Crippen LogP contribution in [0.4, 0.5) is 0 Å². The lowest BCUT2D eigenvalue weighted by atomic mass is 10.1. The highest BCUT2D eigenvalue weighted by molar-refractivity contribution is 5.78. The van der Waals surface area contributed by atoms with Gasteiger partial charge in [-0.25, -0.2) is 0 Å². The molecule has 2 atom stereocenters. The molecule has 5 heteroatoms. The Morgan fingerprint density at radius 1 is 1.50 bits per heavy atom. The van der Waals surface area contributed by atoms with Crippen LogP contribution in [-0.4, -0.2) is 67.7 Å². The SMILES string of the molecule is CN1CCCC1CN1C(=O)COCC1CN. The molecule has 1 amide bonds. The van der Waals surface area contributed by atoms with E-state index in [1.54, 1.807) is 0 Å². The number of amides is 1. The largest absolute Gasteiger partial charge is 0.369 e. The summed E-state index contributed by atoms with van der Waals surface area (Å²) >= 11 is 0. The molecule has 0 aromatic rings. The van der Waals surface area contributed by atoms with Crippen molar-refractivity contribution in [3.8, 4) is 0 Å². The Balaban J connectivity index is 1.96. The Bertz CT molecular complexity index is 260. The zero-order valence-electron chi connectivity index (χ0n) is 9.89. The quantitative estimate of drug-likeness (QED) is 0.690. The van der Waals surface area contributed by atoms with Gasteiger partial charge in [0.2, 0.25) is 5.91 Å². The molecule has 92 valence electrons. The third-order valence-corrected chi connectivity index (χ3v) is 3.65. The minimum absolute atomic E-state index is 0.0650. The molecule has 0 aromatic carbocycles. The molecule has 2 aliphatic heterocycles.